The number of carbonyl (C=O) groups excluding carboxylic acids is 2. The maximum Gasteiger partial charge on any atom is 0.360 e. The van der Waals surface area contributed by atoms with Crippen molar-refractivity contribution in [2.45, 2.75) is 11.7 Å². The Balaban J connectivity index is 0.00000190. The van der Waals surface area contributed by atoms with Crippen molar-refractivity contribution in [3.05, 3.63) is 71.8 Å². The van der Waals surface area contributed by atoms with Crippen molar-refractivity contribution in [1.29, 1.82) is 0 Å². The number of benzene rings is 2. The van der Waals surface area contributed by atoms with Gasteiger partial charge < -0.3 is 25.3 Å². The molecule has 2 atom stereocenters. The van der Waals surface area contributed by atoms with Gasteiger partial charge in [0.05, 0.1) is 5.56 Å². The smallest absolute Gasteiger partial charge is 0.360 e. The molecule has 0 spiro atoms. The molecule has 0 aliphatic heterocycles. The fourth-order valence-electron chi connectivity index (χ4n) is 2.24. The fourth-order valence-corrected chi connectivity index (χ4v) is 2.24. The molecule has 2 aromatic carbocycles. The molecule has 0 heterocycles. The van der Waals surface area contributed by atoms with Crippen molar-refractivity contribution in [2.75, 3.05) is 0 Å². The van der Waals surface area contributed by atoms with Crippen LogP contribution >= 0.6 is 0 Å². The second kappa shape index (κ2) is 9.92. The summed E-state index contributed by atoms with van der Waals surface area (Å²) < 4.78 is 4.81. The molecule has 28 heavy (non-hydrogen) atoms. The number of nitrogens with two attached hydrogens (primary N) is 1. The molecule has 0 radical (unpaired) electrons. The minimum Gasteiger partial charge on any atom is -0.479 e. The zero-order valence-electron chi connectivity index (χ0n) is 14.3. The zero-order chi connectivity index (χ0) is 21.3. The van der Waals surface area contributed by atoms with Gasteiger partial charge in [0.15, 0.2) is 0 Å². The van der Waals surface area contributed by atoms with Crippen molar-refractivity contribution in [3.63, 3.8) is 0 Å². The highest BCUT2D eigenvalue weighted by atomic mass is 16.6. The Morgan fingerprint density at radius 3 is 1.64 bits per heavy atom. The molecule has 2 rings (SSSR count). The highest BCUT2D eigenvalue weighted by Crippen LogP contribution is 2.25. The molecule has 0 saturated carbocycles. The van der Waals surface area contributed by atoms with E-state index in [1.54, 1.807) is 12.1 Å². The number of hydrogen-bond acceptors (Lipinski definition) is 8. The summed E-state index contributed by atoms with van der Waals surface area (Å²) in [6, 6.07) is 13.9. The van der Waals surface area contributed by atoms with Crippen LogP contribution in [0, 0.1) is 0 Å². The van der Waals surface area contributed by atoms with Gasteiger partial charge in [-0.25, -0.2) is 20.3 Å². The fraction of sp³-hybridized carbons (Fsp3) is 0.111. The van der Waals surface area contributed by atoms with Crippen molar-refractivity contribution in [1.82, 2.24) is 0 Å². The van der Waals surface area contributed by atoms with Crippen LogP contribution in [0.15, 0.2) is 60.7 Å². The summed E-state index contributed by atoms with van der Waals surface area (Å²) in [4.78, 5) is 48.1. The first-order valence-corrected chi connectivity index (χ1v) is 7.59. The molecule has 10 nitrogen and oxygen atoms in total. The lowest BCUT2D eigenvalue weighted by Gasteiger charge is -2.30. The van der Waals surface area contributed by atoms with E-state index in [0.717, 1.165) is 0 Å². The van der Waals surface area contributed by atoms with Crippen molar-refractivity contribution < 1.29 is 44.4 Å². The van der Waals surface area contributed by atoms with E-state index in [-0.39, 0.29) is 11.1 Å². The molecule has 0 fully saturated rings. The summed E-state index contributed by atoms with van der Waals surface area (Å²) in [6.07, 6.45) is -2.82. The van der Waals surface area contributed by atoms with Crippen LogP contribution in [0.1, 0.15) is 20.7 Å². The van der Waals surface area contributed by atoms with Crippen LogP contribution in [0.25, 0.3) is 0 Å². The topological polar surface area (TPSA) is 184 Å². The van der Waals surface area contributed by atoms with E-state index in [1.165, 1.54) is 48.5 Å². The lowest BCUT2D eigenvalue weighted by atomic mass is 9.87. The predicted octanol–water partition coefficient (Wildman–Crippen LogP) is 0.330. The van der Waals surface area contributed by atoms with Crippen LogP contribution < -0.4 is 5.90 Å². The SMILES string of the molecule is NO.O=C(OC(C(=O)O)(C(=O)c1ccccc1)C(O)C(=O)O)c1ccccc1. The summed E-state index contributed by atoms with van der Waals surface area (Å²) in [6.45, 7) is 0. The maximum absolute atomic E-state index is 12.7. The number of ether oxygens (including phenoxy) is 1. The second-order valence-corrected chi connectivity index (χ2v) is 5.23. The predicted molar refractivity (Wildman–Crippen MR) is 92.6 cm³/mol. The number of aliphatic hydroxyl groups is 1. The summed E-state index contributed by atoms with van der Waals surface area (Å²) in [7, 11) is 0. The largest absolute Gasteiger partial charge is 0.479 e. The number of hydrogen-bond donors (Lipinski definition) is 5. The number of rotatable bonds is 7. The number of ketones is 1. The molecule has 0 aliphatic rings. The molecular weight excluding hydrogens is 374 g/mol. The number of esters is 1. The molecule has 2 unspecified atom stereocenters. The first-order valence-electron chi connectivity index (χ1n) is 7.59. The Hall–Kier alpha value is -3.60. The molecule has 0 saturated heterocycles. The first-order chi connectivity index (χ1) is 13.3. The first kappa shape index (κ1) is 22.4. The van der Waals surface area contributed by atoms with Gasteiger partial charge in [0.1, 0.15) is 0 Å². The number of carboxylic acid groups (broad SMARTS) is 2. The lowest BCUT2D eigenvalue weighted by molar-refractivity contribution is -0.176. The van der Waals surface area contributed by atoms with E-state index in [2.05, 4.69) is 5.90 Å². The molecule has 10 heteroatoms. The summed E-state index contributed by atoms with van der Waals surface area (Å²) in [5.41, 5.74) is -3.70. The molecule has 2 aromatic rings. The van der Waals surface area contributed by atoms with Crippen molar-refractivity contribution >= 4 is 23.7 Å². The summed E-state index contributed by atoms with van der Waals surface area (Å²) >= 11 is 0. The van der Waals surface area contributed by atoms with E-state index in [1.807, 2.05) is 0 Å². The molecule has 0 amide bonds. The third-order valence-electron chi connectivity index (χ3n) is 3.57. The third kappa shape index (κ3) is 4.57. The van der Waals surface area contributed by atoms with E-state index in [0.29, 0.717) is 0 Å². The number of aliphatic carboxylic acids is 2. The average Bonchev–Trinajstić information content (AvgIpc) is 2.73. The summed E-state index contributed by atoms with van der Waals surface area (Å²) in [5, 5.41) is 35.1. The Bertz CT molecular complexity index is 839. The van der Waals surface area contributed by atoms with Crippen molar-refractivity contribution in [3.8, 4) is 0 Å². The Kier molecular flexibility index (Phi) is 7.95. The van der Waals surface area contributed by atoms with Crippen LogP contribution in [-0.2, 0) is 14.3 Å². The number of Topliss-reactive ketones (excluding diaryl/α,β-unsaturated/α-hetero) is 1. The minimum absolute atomic E-state index is 0.114. The highest BCUT2D eigenvalue weighted by molar-refractivity contribution is 6.19. The average molecular weight is 391 g/mol. The van der Waals surface area contributed by atoms with E-state index >= 15 is 0 Å². The van der Waals surface area contributed by atoms with Crippen LogP contribution in [-0.4, -0.2) is 55.9 Å². The second-order valence-electron chi connectivity index (χ2n) is 5.23. The van der Waals surface area contributed by atoms with Crippen LogP contribution in [0.4, 0.5) is 0 Å². The van der Waals surface area contributed by atoms with Crippen LogP contribution in [0.3, 0.4) is 0 Å². The Morgan fingerprint density at radius 2 is 1.25 bits per heavy atom. The van der Waals surface area contributed by atoms with E-state index in [4.69, 9.17) is 15.1 Å². The third-order valence-corrected chi connectivity index (χ3v) is 3.57. The molecule has 0 aliphatic carbocycles. The van der Waals surface area contributed by atoms with E-state index < -0.39 is 35.4 Å². The standard InChI is InChI=1S/C18H14O8.H3NO/c19-13(11-7-3-1-4-8-11)18(17(24)25,14(20)15(21)22)26-16(23)12-9-5-2-6-10-12;1-2/h1-10,14,20H,(H,21,22)(H,24,25);2H,1H2. The van der Waals surface area contributed by atoms with Crippen LogP contribution in [0.5, 0.6) is 0 Å². The Morgan fingerprint density at radius 1 is 0.821 bits per heavy atom. The number of aliphatic hydroxyl groups excluding tert-OH is 1. The minimum atomic E-state index is -3.35. The van der Waals surface area contributed by atoms with Gasteiger partial charge in [-0.05, 0) is 12.1 Å². The van der Waals surface area contributed by atoms with Gasteiger partial charge in [0, 0.05) is 5.56 Å². The Labute approximate surface area is 158 Å². The van der Waals surface area contributed by atoms with Crippen molar-refractivity contribution in [2.24, 2.45) is 5.90 Å². The normalized spacial score (nSPS) is 13.1. The van der Waals surface area contributed by atoms with Gasteiger partial charge in [0.2, 0.25) is 11.9 Å². The number of carbonyl (C=O) groups is 4. The lowest BCUT2D eigenvalue weighted by Crippen LogP contribution is -2.61. The number of carboxylic acids is 2. The van der Waals surface area contributed by atoms with E-state index in [9.17, 15) is 29.4 Å². The van der Waals surface area contributed by atoms with Gasteiger partial charge in [-0.3, -0.25) is 4.79 Å². The zero-order valence-corrected chi connectivity index (χ0v) is 14.3. The van der Waals surface area contributed by atoms with Gasteiger partial charge >= 0.3 is 23.5 Å². The molecule has 0 bridgehead atoms. The quantitative estimate of drug-likeness (QED) is 0.191. The molecule has 0 aromatic heterocycles. The highest BCUT2D eigenvalue weighted by Gasteiger charge is 2.59. The van der Waals surface area contributed by atoms with Gasteiger partial charge in [-0.2, -0.15) is 0 Å². The monoisotopic (exact) mass is 391 g/mol. The maximum atomic E-state index is 12.7. The van der Waals surface area contributed by atoms with Gasteiger partial charge in [0.25, 0.3) is 0 Å². The molecule has 148 valence electrons. The summed E-state index contributed by atoms with van der Waals surface area (Å²) in [5.74, 6) is -3.27. The van der Waals surface area contributed by atoms with Crippen LogP contribution in [0.2, 0.25) is 0 Å². The van der Waals surface area contributed by atoms with Gasteiger partial charge in [-0.1, -0.05) is 48.5 Å². The van der Waals surface area contributed by atoms with Gasteiger partial charge in [-0.15, -0.1) is 0 Å². The molecule has 6 N–H and O–H groups in total. The molecular formula is C18H17NO9.